The smallest absolute Gasteiger partial charge is 0.247 e. The van der Waals surface area contributed by atoms with Gasteiger partial charge in [0.15, 0.2) is 6.29 Å². The molecule has 3 N–H and O–H groups in total. The number of anilines is 3. The van der Waals surface area contributed by atoms with Gasteiger partial charge in [0, 0.05) is 36.6 Å². The van der Waals surface area contributed by atoms with Crippen LogP contribution in [0.5, 0.6) is 5.75 Å². The topological polar surface area (TPSA) is 124 Å². The molecule has 1 aromatic heterocycles. The highest BCUT2D eigenvalue weighted by Gasteiger charge is 2.16. The molecule has 2 aromatic carbocycles. The fourth-order valence-corrected chi connectivity index (χ4v) is 3.88. The van der Waals surface area contributed by atoms with Gasteiger partial charge in [-0.1, -0.05) is 18.2 Å². The third-order valence-electron chi connectivity index (χ3n) is 5.61. The second-order valence-electron chi connectivity index (χ2n) is 8.43. The second kappa shape index (κ2) is 13.1. The van der Waals surface area contributed by atoms with Crippen molar-refractivity contribution in [2.45, 2.75) is 38.4 Å². The van der Waals surface area contributed by atoms with E-state index in [0.29, 0.717) is 46.9 Å². The largest absolute Gasteiger partial charge is 0.491 e. The average molecular weight is 544 g/mol. The van der Waals surface area contributed by atoms with E-state index in [1.807, 2.05) is 0 Å². The van der Waals surface area contributed by atoms with E-state index in [-0.39, 0.29) is 24.0 Å². The van der Waals surface area contributed by atoms with Crippen LogP contribution in [0.2, 0.25) is 5.02 Å². The van der Waals surface area contributed by atoms with Gasteiger partial charge in [-0.3, -0.25) is 9.59 Å². The maximum atomic E-state index is 13.5. The van der Waals surface area contributed by atoms with Crippen molar-refractivity contribution in [3.05, 3.63) is 60.2 Å². The van der Waals surface area contributed by atoms with Crippen molar-refractivity contribution in [1.82, 2.24) is 15.4 Å². The van der Waals surface area contributed by atoms with Crippen molar-refractivity contribution in [2.24, 2.45) is 0 Å². The number of hydrogen-bond acceptors (Lipinski definition) is 8. The molecule has 0 radical (unpaired) electrons. The standard InChI is InChI=1S/C26H27ClFN5O5/c1-2-23(34)32-21-13-17-20(29-15-30-26(17)31-16-8-9-19(28)18(27)12-16)14-22(21)36-11-5-6-24(35)33-38-25-7-3-4-10-37-25/h2,8-9,12-15,25H,1,3-7,10-11H2,(H,32,34)(H,33,35)(H,29,30,31). The van der Waals surface area contributed by atoms with E-state index in [0.717, 1.165) is 25.3 Å². The van der Waals surface area contributed by atoms with Gasteiger partial charge in [0.1, 0.15) is 23.7 Å². The quantitative estimate of drug-likeness (QED) is 0.175. The monoisotopic (exact) mass is 543 g/mol. The fraction of sp³-hybridized carbons (Fsp3) is 0.308. The molecule has 2 heterocycles. The van der Waals surface area contributed by atoms with Gasteiger partial charge in [0.25, 0.3) is 0 Å². The minimum absolute atomic E-state index is 0.0365. The van der Waals surface area contributed by atoms with Crippen LogP contribution in [0.25, 0.3) is 10.9 Å². The van der Waals surface area contributed by atoms with E-state index < -0.39 is 18.0 Å². The van der Waals surface area contributed by atoms with Crippen LogP contribution in [-0.4, -0.2) is 41.3 Å². The highest BCUT2D eigenvalue weighted by atomic mass is 35.5. The number of aromatic nitrogens is 2. The van der Waals surface area contributed by atoms with Crippen LogP contribution in [0.15, 0.2) is 49.3 Å². The molecule has 0 spiro atoms. The molecule has 10 nitrogen and oxygen atoms in total. The number of fused-ring (bicyclic) bond motifs is 1. The van der Waals surface area contributed by atoms with Crippen LogP contribution in [0.3, 0.4) is 0 Å². The molecule has 1 atom stereocenters. The molecular weight excluding hydrogens is 517 g/mol. The molecule has 0 aliphatic carbocycles. The van der Waals surface area contributed by atoms with E-state index in [1.165, 1.54) is 24.5 Å². The lowest BCUT2D eigenvalue weighted by atomic mass is 10.1. The van der Waals surface area contributed by atoms with Crippen LogP contribution in [0.1, 0.15) is 32.1 Å². The first kappa shape index (κ1) is 27.2. The van der Waals surface area contributed by atoms with Gasteiger partial charge >= 0.3 is 0 Å². The molecule has 0 bridgehead atoms. The Balaban J connectivity index is 1.44. The summed E-state index contributed by atoms with van der Waals surface area (Å²) in [5.74, 6) is -0.492. The van der Waals surface area contributed by atoms with Gasteiger partial charge in [-0.25, -0.2) is 24.7 Å². The van der Waals surface area contributed by atoms with E-state index in [2.05, 4.69) is 32.7 Å². The van der Waals surface area contributed by atoms with Crippen LogP contribution in [-0.2, 0) is 19.2 Å². The van der Waals surface area contributed by atoms with Gasteiger partial charge in [0.05, 0.1) is 22.8 Å². The van der Waals surface area contributed by atoms with Crippen molar-refractivity contribution >= 4 is 51.5 Å². The number of carbonyl (C=O) groups is 2. The third-order valence-corrected chi connectivity index (χ3v) is 5.90. The van der Waals surface area contributed by atoms with Gasteiger partial charge in [-0.15, -0.1) is 0 Å². The molecule has 4 rings (SSSR count). The Kier molecular flexibility index (Phi) is 9.41. The van der Waals surface area contributed by atoms with Crippen molar-refractivity contribution in [3.63, 3.8) is 0 Å². The summed E-state index contributed by atoms with van der Waals surface area (Å²) < 4.78 is 24.9. The average Bonchev–Trinajstić information content (AvgIpc) is 2.93. The molecule has 1 fully saturated rings. The van der Waals surface area contributed by atoms with Gasteiger partial charge < -0.3 is 20.1 Å². The van der Waals surface area contributed by atoms with Gasteiger partial charge in [0.2, 0.25) is 11.8 Å². The first-order valence-corrected chi connectivity index (χ1v) is 12.4. The summed E-state index contributed by atoms with van der Waals surface area (Å²) >= 11 is 5.89. The molecule has 1 saturated heterocycles. The molecule has 1 aliphatic rings. The molecule has 1 aliphatic heterocycles. The SMILES string of the molecule is C=CC(=O)Nc1cc2c(Nc3ccc(F)c(Cl)c3)ncnc2cc1OCCCC(=O)NOC1CCCCO1. The van der Waals surface area contributed by atoms with Crippen molar-refractivity contribution in [2.75, 3.05) is 23.8 Å². The Morgan fingerprint density at radius 1 is 1.24 bits per heavy atom. The highest BCUT2D eigenvalue weighted by molar-refractivity contribution is 6.31. The van der Waals surface area contributed by atoms with Crippen LogP contribution in [0.4, 0.5) is 21.6 Å². The minimum atomic E-state index is -0.538. The molecule has 2 amide bonds. The third kappa shape index (κ3) is 7.37. The molecule has 0 saturated carbocycles. The number of carbonyl (C=O) groups excluding carboxylic acids is 2. The van der Waals surface area contributed by atoms with Crippen molar-refractivity contribution in [3.8, 4) is 5.75 Å². The van der Waals surface area contributed by atoms with Crippen LogP contribution < -0.4 is 20.9 Å². The number of halogens is 2. The number of amides is 2. The Labute approximate surface area is 223 Å². The van der Waals surface area contributed by atoms with Gasteiger partial charge in [-0.05, 0) is 49.6 Å². The normalized spacial score (nSPS) is 15.1. The molecule has 200 valence electrons. The lowest BCUT2D eigenvalue weighted by Crippen LogP contribution is -2.33. The predicted octanol–water partition coefficient (Wildman–Crippen LogP) is 5.02. The van der Waals surface area contributed by atoms with E-state index >= 15 is 0 Å². The summed E-state index contributed by atoms with van der Waals surface area (Å²) in [5, 5.41) is 6.34. The zero-order valence-electron chi connectivity index (χ0n) is 20.5. The summed E-state index contributed by atoms with van der Waals surface area (Å²) in [6, 6.07) is 7.51. The van der Waals surface area contributed by atoms with Crippen LogP contribution >= 0.6 is 11.6 Å². The number of nitrogens with zero attached hydrogens (tertiary/aromatic N) is 2. The summed E-state index contributed by atoms with van der Waals surface area (Å²) in [4.78, 5) is 38.0. The lowest BCUT2D eigenvalue weighted by Gasteiger charge is -2.22. The molecule has 1 unspecified atom stereocenters. The first-order valence-electron chi connectivity index (χ1n) is 12.1. The Hall–Kier alpha value is -3.80. The van der Waals surface area contributed by atoms with E-state index in [4.69, 9.17) is 25.9 Å². The summed E-state index contributed by atoms with van der Waals surface area (Å²) in [6.45, 7) is 4.30. The van der Waals surface area contributed by atoms with E-state index in [1.54, 1.807) is 12.1 Å². The number of ether oxygens (including phenoxy) is 2. The fourth-order valence-electron chi connectivity index (χ4n) is 3.70. The van der Waals surface area contributed by atoms with Crippen molar-refractivity contribution in [1.29, 1.82) is 0 Å². The number of hydroxylamine groups is 1. The minimum Gasteiger partial charge on any atom is -0.491 e. The Bertz CT molecular complexity index is 1320. The molecule has 12 heteroatoms. The summed E-state index contributed by atoms with van der Waals surface area (Å²) in [6.07, 6.45) is 5.37. The number of rotatable bonds is 11. The Morgan fingerprint density at radius 3 is 2.87 bits per heavy atom. The van der Waals surface area contributed by atoms with Gasteiger partial charge in [-0.2, -0.15) is 0 Å². The Morgan fingerprint density at radius 2 is 2.11 bits per heavy atom. The summed E-state index contributed by atoms with van der Waals surface area (Å²) in [7, 11) is 0. The lowest BCUT2D eigenvalue weighted by molar-refractivity contribution is -0.200. The number of hydrogen-bond donors (Lipinski definition) is 3. The zero-order chi connectivity index (χ0) is 26.9. The van der Waals surface area contributed by atoms with E-state index in [9.17, 15) is 14.0 Å². The zero-order valence-corrected chi connectivity index (χ0v) is 21.2. The highest BCUT2D eigenvalue weighted by Crippen LogP contribution is 2.34. The molecular formula is C26H27ClFN5O5. The second-order valence-corrected chi connectivity index (χ2v) is 8.83. The molecule has 38 heavy (non-hydrogen) atoms. The maximum absolute atomic E-state index is 13.5. The number of nitrogens with one attached hydrogen (secondary N) is 3. The number of benzene rings is 2. The maximum Gasteiger partial charge on any atom is 0.247 e. The predicted molar refractivity (Wildman–Crippen MR) is 141 cm³/mol. The molecule has 3 aromatic rings. The van der Waals surface area contributed by atoms with Crippen LogP contribution in [0, 0.1) is 5.82 Å². The first-order chi connectivity index (χ1) is 18.4. The summed E-state index contributed by atoms with van der Waals surface area (Å²) in [5.41, 5.74) is 3.82. The van der Waals surface area contributed by atoms with Crippen molar-refractivity contribution < 1.29 is 28.3 Å².